The van der Waals surface area contributed by atoms with Gasteiger partial charge in [-0.1, -0.05) is 24.0 Å². The van der Waals surface area contributed by atoms with Gasteiger partial charge in [-0.05, 0) is 52.2 Å². The maximum atomic E-state index is 12.9. The first-order valence-corrected chi connectivity index (χ1v) is 10.9. The first kappa shape index (κ1) is 23.7. The van der Waals surface area contributed by atoms with Crippen LogP contribution in [0.3, 0.4) is 0 Å². The van der Waals surface area contributed by atoms with Gasteiger partial charge in [0, 0.05) is 26.2 Å². The molecule has 6 nitrogen and oxygen atoms in total. The number of amides is 1. The first-order valence-electron chi connectivity index (χ1n) is 10.9. The molecule has 0 saturated carbocycles. The second-order valence-electron chi connectivity index (χ2n) is 9.21. The molecule has 0 radical (unpaired) electrons. The van der Waals surface area contributed by atoms with E-state index in [1.165, 1.54) is 0 Å². The predicted octanol–water partition coefficient (Wildman–Crippen LogP) is 3.13. The van der Waals surface area contributed by atoms with E-state index in [9.17, 15) is 4.79 Å². The Morgan fingerprint density at radius 3 is 2.52 bits per heavy atom. The molecule has 0 N–H and O–H groups in total. The highest BCUT2D eigenvalue weighted by Gasteiger charge is 2.36. The number of hydrogen-bond donors (Lipinski definition) is 0. The van der Waals surface area contributed by atoms with Crippen LogP contribution in [0.1, 0.15) is 40.0 Å². The number of piperazine rings is 1. The maximum Gasteiger partial charge on any atom is 0.267 e. The summed E-state index contributed by atoms with van der Waals surface area (Å²) in [5, 5.41) is 0. The number of rotatable bonds is 2. The van der Waals surface area contributed by atoms with Gasteiger partial charge in [-0.2, -0.15) is 0 Å². The van der Waals surface area contributed by atoms with Gasteiger partial charge in [0.2, 0.25) is 6.10 Å². The van der Waals surface area contributed by atoms with Crippen LogP contribution < -0.4 is 9.47 Å². The quantitative estimate of drug-likeness (QED) is 0.650. The van der Waals surface area contributed by atoms with Crippen molar-refractivity contribution in [3.8, 4) is 23.3 Å². The predicted molar refractivity (Wildman–Crippen MR) is 122 cm³/mol. The molecular formula is C24H33ClN2O4. The molecule has 2 unspecified atom stereocenters. The van der Waals surface area contributed by atoms with E-state index in [1.807, 2.05) is 29.2 Å². The number of para-hydroxylation sites is 2. The van der Waals surface area contributed by atoms with Gasteiger partial charge in [0.1, 0.15) is 12.2 Å². The van der Waals surface area contributed by atoms with Crippen LogP contribution in [0.5, 0.6) is 11.5 Å². The van der Waals surface area contributed by atoms with Crippen molar-refractivity contribution in [2.75, 3.05) is 39.3 Å². The number of hydrogen-bond acceptors (Lipinski definition) is 5. The minimum Gasteiger partial charge on any atom is -0.485 e. The third-order valence-corrected chi connectivity index (χ3v) is 6.06. The molecule has 4 rings (SSSR count). The summed E-state index contributed by atoms with van der Waals surface area (Å²) in [6.07, 6.45) is 2.65. The van der Waals surface area contributed by atoms with E-state index in [0.29, 0.717) is 31.1 Å². The molecule has 2 fully saturated rings. The Labute approximate surface area is 191 Å². The number of ether oxygens (including phenoxy) is 3. The summed E-state index contributed by atoms with van der Waals surface area (Å²) < 4.78 is 17.8. The molecule has 7 heteroatoms. The lowest BCUT2D eigenvalue weighted by molar-refractivity contribution is -0.142. The van der Waals surface area contributed by atoms with Crippen LogP contribution in [-0.2, 0) is 9.53 Å². The molecule has 0 aliphatic carbocycles. The minimum absolute atomic E-state index is 0. The monoisotopic (exact) mass is 448 g/mol. The number of halogens is 1. The Kier molecular flexibility index (Phi) is 7.41. The zero-order chi connectivity index (χ0) is 21.2. The molecule has 31 heavy (non-hydrogen) atoms. The van der Waals surface area contributed by atoms with Crippen molar-refractivity contribution >= 4 is 18.3 Å². The normalized spacial score (nSPS) is 27.5. The van der Waals surface area contributed by atoms with Gasteiger partial charge in [-0.15, -0.1) is 12.4 Å². The van der Waals surface area contributed by atoms with E-state index in [1.54, 1.807) is 0 Å². The molecule has 3 aliphatic rings. The maximum absolute atomic E-state index is 12.9. The Morgan fingerprint density at radius 2 is 1.81 bits per heavy atom. The van der Waals surface area contributed by atoms with Gasteiger partial charge in [0.15, 0.2) is 11.5 Å². The van der Waals surface area contributed by atoms with E-state index in [0.717, 1.165) is 32.4 Å². The average Bonchev–Trinajstić information content (AvgIpc) is 2.72. The van der Waals surface area contributed by atoms with Crippen molar-refractivity contribution in [1.82, 2.24) is 9.80 Å². The first-order chi connectivity index (χ1) is 14.3. The zero-order valence-corrected chi connectivity index (χ0v) is 19.5. The molecule has 2 saturated heterocycles. The van der Waals surface area contributed by atoms with Crippen molar-refractivity contribution in [1.29, 1.82) is 0 Å². The van der Waals surface area contributed by atoms with Crippen molar-refractivity contribution in [2.24, 2.45) is 0 Å². The fourth-order valence-electron chi connectivity index (χ4n) is 4.46. The van der Waals surface area contributed by atoms with Gasteiger partial charge in [-0.25, -0.2) is 0 Å². The van der Waals surface area contributed by atoms with E-state index < -0.39 is 6.10 Å². The summed E-state index contributed by atoms with van der Waals surface area (Å²) in [7, 11) is 0. The summed E-state index contributed by atoms with van der Waals surface area (Å²) >= 11 is 0. The molecule has 3 aliphatic heterocycles. The summed E-state index contributed by atoms with van der Waals surface area (Å²) in [6, 6.07) is 7.47. The summed E-state index contributed by atoms with van der Waals surface area (Å²) in [5.74, 6) is 8.02. The lowest BCUT2D eigenvalue weighted by atomic mass is 9.88. The van der Waals surface area contributed by atoms with E-state index >= 15 is 0 Å². The minimum atomic E-state index is -0.571. The third kappa shape index (κ3) is 5.85. The molecule has 0 aromatic heterocycles. The van der Waals surface area contributed by atoms with E-state index in [-0.39, 0.29) is 36.1 Å². The number of benzene rings is 1. The van der Waals surface area contributed by atoms with Crippen LogP contribution in [0.4, 0.5) is 0 Å². The van der Waals surface area contributed by atoms with Crippen LogP contribution in [0.2, 0.25) is 0 Å². The number of carbonyl (C=O) groups excluding carboxylic acids is 1. The Balaban J connectivity index is 0.00000272. The summed E-state index contributed by atoms with van der Waals surface area (Å²) in [5.41, 5.74) is -0.451. The van der Waals surface area contributed by atoms with Gasteiger partial charge in [0.05, 0.1) is 12.1 Å². The highest BCUT2D eigenvalue weighted by atomic mass is 35.5. The number of fused-ring (bicyclic) bond motifs is 1. The van der Waals surface area contributed by atoms with Gasteiger partial charge < -0.3 is 19.1 Å². The smallest absolute Gasteiger partial charge is 0.267 e. The van der Waals surface area contributed by atoms with Gasteiger partial charge >= 0.3 is 0 Å². The molecule has 0 spiro atoms. The SMILES string of the molecule is CC1(C)CCCC(C)(C#CCN2CCN(C(=O)C3COc4ccccc4O3)CC2)O1.Cl. The average molecular weight is 449 g/mol. The molecule has 3 heterocycles. The van der Waals surface area contributed by atoms with E-state index in [2.05, 4.69) is 37.5 Å². The fraction of sp³-hybridized carbons (Fsp3) is 0.625. The van der Waals surface area contributed by atoms with Crippen molar-refractivity contribution in [3.05, 3.63) is 24.3 Å². The Hall–Kier alpha value is -1.94. The molecule has 2 atom stereocenters. The standard InChI is InChI=1S/C24H32N2O4.ClH/c1-23(2)10-6-11-24(3,30-23)12-7-13-25-14-16-26(17-15-25)22(27)21-18-28-19-8-4-5-9-20(19)29-21;/h4-5,8-9,21H,6,10-11,13-18H2,1-3H3;1H. The molecule has 1 aromatic rings. The topological polar surface area (TPSA) is 51.2 Å². The van der Waals surface area contributed by atoms with Crippen LogP contribution in [0, 0.1) is 11.8 Å². The number of nitrogens with zero attached hydrogens (tertiary/aromatic N) is 2. The molecule has 1 amide bonds. The third-order valence-electron chi connectivity index (χ3n) is 6.06. The van der Waals surface area contributed by atoms with Crippen LogP contribution in [0.25, 0.3) is 0 Å². The van der Waals surface area contributed by atoms with Gasteiger partial charge in [0.25, 0.3) is 5.91 Å². The Bertz CT molecular complexity index is 841. The lowest BCUT2D eigenvalue weighted by Crippen LogP contribution is -2.54. The second-order valence-corrected chi connectivity index (χ2v) is 9.21. The second kappa shape index (κ2) is 9.68. The zero-order valence-electron chi connectivity index (χ0n) is 18.7. The van der Waals surface area contributed by atoms with Crippen LogP contribution >= 0.6 is 12.4 Å². The Morgan fingerprint density at radius 1 is 1.10 bits per heavy atom. The van der Waals surface area contributed by atoms with Crippen LogP contribution in [0.15, 0.2) is 24.3 Å². The molecule has 0 bridgehead atoms. The summed E-state index contributed by atoms with van der Waals surface area (Å²) in [4.78, 5) is 17.0. The largest absolute Gasteiger partial charge is 0.485 e. The van der Waals surface area contributed by atoms with Crippen molar-refractivity contribution in [3.63, 3.8) is 0 Å². The van der Waals surface area contributed by atoms with Crippen molar-refractivity contribution < 1.29 is 19.0 Å². The molecule has 1 aromatic carbocycles. The van der Waals surface area contributed by atoms with Gasteiger partial charge in [-0.3, -0.25) is 9.69 Å². The fourth-order valence-corrected chi connectivity index (χ4v) is 4.46. The number of carbonyl (C=O) groups is 1. The highest BCUT2D eigenvalue weighted by molar-refractivity contribution is 5.85. The lowest BCUT2D eigenvalue weighted by Gasteiger charge is -2.40. The van der Waals surface area contributed by atoms with Crippen LogP contribution in [-0.4, -0.2) is 72.3 Å². The van der Waals surface area contributed by atoms with E-state index in [4.69, 9.17) is 14.2 Å². The summed E-state index contributed by atoms with van der Waals surface area (Å²) in [6.45, 7) is 10.3. The molecule has 170 valence electrons. The molecular weight excluding hydrogens is 416 g/mol. The highest BCUT2D eigenvalue weighted by Crippen LogP contribution is 2.34. The van der Waals surface area contributed by atoms with Crippen molar-refractivity contribution in [2.45, 2.75) is 57.3 Å².